The number of carbonyl (C=O) groups is 2. The minimum Gasteiger partial charge on any atom is -0.484 e. The Labute approximate surface area is 181 Å². The van der Waals surface area contributed by atoms with Gasteiger partial charge in [0, 0.05) is 17.6 Å². The van der Waals surface area contributed by atoms with Crippen LogP contribution in [0.3, 0.4) is 0 Å². The van der Waals surface area contributed by atoms with E-state index in [-0.39, 0.29) is 18.4 Å². The van der Waals surface area contributed by atoms with Crippen molar-refractivity contribution >= 4 is 27.7 Å². The zero-order valence-corrected chi connectivity index (χ0v) is 19.3. The third-order valence-corrected chi connectivity index (χ3v) is 5.98. The molecule has 0 fully saturated rings. The van der Waals surface area contributed by atoms with Crippen molar-refractivity contribution in [1.29, 1.82) is 0 Å². The number of likely N-dealkylation sites (N-methyl/N-ethyl adjacent to an activating group) is 1. The lowest BCUT2D eigenvalue weighted by molar-refractivity contribution is -0.142. The second-order valence-corrected chi connectivity index (χ2v) is 8.03. The van der Waals surface area contributed by atoms with Crippen molar-refractivity contribution in [1.82, 2.24) is 10.2 Å². The van der Waals surface area contributed by atoms with E-state index >= 15 is 0 Å². The molecule has 6 heteroatoms. The van der Waals surface area contributed by atoms with E-state index in [0.29, 0.717) is 18.8 Å². The molecule has 2 aromatic rings. The average molecular weight is 461 g/mol. The van der Waals surface area contributed by atoms with Gasteiger partial charge in [-0.1, -0.05) is 45.8 Å². The molecule has 156 valence electrons. The van der Waals surface area contributed by atoms with Crippen LogP contribution in [0.25, 0.3) is 0 Å². The second-order valence-electron chi connectivity index (χ2n) is 7.24. The molecule has 0 aromatic heterocycles. The topological polar surface area (TPSA) is 58.6 Å². The van der Waals surface area contributed by atoms with Crippen LogP contribution in [0.1, 0.15) is 36.1 Å². The van der Waals surface area contributed by atoms with Crippen LogP contribution in [0.2, 0.25) is 0 Å². The molecule has 0 heterocycles. The van der Waals surface area contributed by atoms with Gasteiger partial charge in [0.15, 0.2) is 6.61 Å². The fourth-order valence-corrected chi connectivity index (χ4v) is 3.36. The first-order chi connectivity index (χ1) is 13.7. The molecule has 2 amide bonds. The molecule has 2 rings (SSSR count). The summed E-state index contributed by atoms with van der Waals surface area (Å²) in [5.41, 5.74) is 4.17. The van der Waals surface area contributed by atoms with Crippen molar-refractivity contribution in [2.45, 2.75) is 47.2 Å². The fraction of sp³-hybridized carbons (Fsp3) is 0.391. The third-order valence-electron chi connectivity index (χ3n) is 4.73. The SMILES string of the molecule is CCNC(=O)[C@@H](C)N(Cc1cccc(C)c1)C(=O)COc1cc(C)c(Br)c(C)c1. The zero-order chi connectivity index (χ0) is 21.6. The lowest BCUT2D eigenvalue weighted by Crippen LogP contribution is -2.49. The lowest BCUT2D eigenvalue weighted by Gasteiger charge is -2.28. The molecule has 0 spiro atoms. The number of ether oxygens (including phenoxy) is 1. The number of benzene rings is 2. The number of aryl methyl sites for hydroxylation is 3. The predicted octanol–water partition coefficient (Wildman–Crippen LogP) is 4.31. The van der Waals surface area contributed by atoms with E-state index in [1.165, 1.54) is 0 Å². The fourth-order valence-electron chi connectivity index (χ4n) is 3.13. The van der Waals surface area contributed by atoms with Gasteiger partial charge in [-0.05, 0) is 63.4 Å². The molecule has 0 aliphatic carbocycles. The zero-order valence-electron chi connectivity index (χ0n) is 17.7. The van der Waals surface area contributed by atoms with Gasteiger partial charge < -0.3 is 15.0 Å². The summed E-state index contributed by atoms with van der Waals surface area (Å²) in [5.74, 6) is 0.227. The standard InChI is InChI=1S/C23H29BrN2O3/c1-6-25-23(28)18(5)26(13-19-9-7-8-15(2)10-19)21(27)14-29-20-11-16(3)22(24)17(4)12-20/h7-12,18H,6,13-14H2,1-5H3,(H,25,28)/t18-/m1/s1. The molecule has 0 bridgehead atoms. The van der Waals surface area contributed by atoms with E-state index < -0.39 is 6.04 Å². The van der Waals surface area contributed by atoms with Crippen LogP contribution in [0.4, 0.5) is 0 Å². The number of nitrogens with one attached hydrogen (secondary N) is 1. The predicted molar refractivity (Wildman–Crippen MR) is 119 cm³/mol. The molecule has 0 saturated heterocycles. The van der Waals surface area contributed by atoms with Crippen LogP contribution >= 0.6 is 15.9 Å². The minimum atomic E-state index is -0.597. The highest BCUT2D eigenvalue weighted by atomic mass is 79.9. The van der Waals surface area contributed by atoms with Gasteiger partial charge in [0.2, 0.25) is 5.91 Å². The van der Waals surface area contributed by atoms with E-state index in [4.69, 9.17) is 4.74 Å². The molecule has 0 aliphatic heterocycles. The molecule has 5 nitrogen and oxygen atoms in total. The van der Waals surface area contributed by atoms with Crippen molar-refractivity contribution in [2.24, 2.45) is 0 Å². The monoisotopic (exact) mass is 460 g/mol. The molecule has 0 radical (unpaired) electrons. The van der Waals surface area contributed by atoms with Crippen molar-refractivity contribution in [3.63, 3.8) is 0 Å². The van der Waals surface area contributed by atoms with Crippen molar-refractivity contribution in [2.75, 3.05) is 13.2 Å². The number of nitrogens with zero attached hydrogens (tertiary/aromatic N) is 1. The molecule has 0 aliphatic rings. The highest BCUT2D eigenvalue weighted by Gasteiger charge is 2.26. The number of halogens is 1. The summed E-state index contributed by atoms with van der Waals surface area (Å²) >= 11 is 3.53. The Morgan fingerprint density at radius 3 is 2.38 bits per heavy atom. The van der Waals surface area contributed by atoms with Gasteiger partial charge in [0.25, 0.3) is 5.91 Å². The summed E-state index contributed by atoms with van der Waals surface area (Å²) in [4.78, 5) is 27.0. The molecular weight excluding hydrogens is 432 g/mol. The summed E-state index contributed by atoms with van der Waals surface area (Å²) < 4.78 is 6.80. The van der Waals surface area contributed by atoms with Crippen LogP contribution in [0.5, 0.6) is 5.75 Å². The quantitative estimate of drug-likeness (QED) is 0.638. The van der Waals surface area contributed by atoms with Gasteiger partial charge in [-0.3, -0.25) is 9.59 Å². The molecule has 2 aromatic carbocycles. The minimum absolute atomic E-state index is 0.129. The number of amides is 2. The Bertz CT molecular complexity index is 859. The lowest BCUT2D eigenvalue weighted by atomic mass is 10.1. The van der Waals surface area contributed by atoms with E-state index in [0.717, 1.165) is 26.7 Å². The van der Waals surface area contributed by atoms with Crippen molar-refractivity contribution < 1.29 is 14.3 Å². The molecule has 29 heavy (non-hydrogen) atoms. The highest BCUT2D eigenvalue weighted by molar-refractivity contribution is 9.10. The summed E-state index contributed by atoms with van der Waals surface area (Å²) in [6, 6.07) is 11.1. The summed E-state index contributed by atoms with van der Waals surface area (Å²) in [7, 11) is 0. The van der Waals surface area contributed by atoms with Crippen LogP contribution in [0.15, 0.2) is 40.9 Å². The first kappa shape index (κ1) is 22.9. The number of hydrogen-bond acceptors (Lipinski definition) is 3. The normalized spacial score (nSPS) is 11.7. The van der Waals surface area contributed by atoms with E-state index in [1.54, 1.807) is 11.8 Å². The van der Waals surface area contributed by atoms with Gasteiger partial charge in [-0.2, -0.15) is 0 Å². The maximum Gasteiger partial charge on any atom is 0.261 e. The number of rotatable bonds is 8. The van der Waals surface area contributed by atoms with Gasteiger partial charge >= 0.3 is 0 Å². The molecular formula is C23H29BrN2O3. The smallest absolute Gasteiger partial charge is 0.261 e. The average Bonchev–Trinajstić information content (AvgIpc) is 2.68. The van der Waals surface area contributed by atoms with E-state index in [1.807, 2.05) is 64.1 Å². The van der Waals surface area contributed by atoms with Gasteiger partial charge in [-0.25, -0.2) is 0 Å². The van der Waals surface area contributed by atoms with E-state index in [9.17, 15) is 9.59 Å². The Morgan fingerprint density at radius 2 is 1.79 bits per heavy atom. The Morgan fingerprint density at radius 1 is 1.14 bits per heavy atom. The van der Waals surface area contributed by atoms with Crippen molar-refractivity contribution in [3.05, 3.63) is 63.1 Å². The van der Waals surface area contributed by atoms with Crippen LogP contribution in [-0.2, 0) is 16.1 Å². The molecule has 1 N–H and O–H groups in total. The molecule has 0 unspecified atom stereocenters. The maximum atomic E-state index is 13.0. The Kier molecular flexibility index (Phi) is 8.26. The van der Waals surface area contributed by atoms with Crippen LogP contribution < -0.4 is 10.1 Å². The number of carbonyl (C=O) groups excluding carboxylic acids is 2. The summed E-state index contributed by atoms with van der Waals surface area (Å²) in [5, 5.41) is 2.79. The second kappa shape index (κ2) is 10.4. The van der Waals surface area contributed by atoms with Crippen LogP contribution in [-0.4, -0.2) is 35.9 Å². The highest BCUT2D eigenvalue weighted by Crippen LogP contribution is 2.26. The van der Waals surface area contributed by atoms with Crippen molar-refractivity contribution in [3.8, 4) is 5.75 Å². The summed E-state index contributed by atoms with van der Waals surface area (Å²) in [6.45, 7) is 10.3. The Hall–Kier alpha value is -2.34. The largest absolute Gasteiger partial charge is 0.484 e. The summed E-state index contributed by atoms with van der Waals surface area (Å²) in [6.07, 6.45) is 0. The van der Waals surface area contributed by atoms with Crippen LogP contribution in [0, 0.1) is 20.8 Å². The third kappa shape index (κ3) is 6.32. The molecule has 0 saturated carbocycles. The van der Waals surface area contributed by atoms with Gasteiger partial charge in [-0.15, -0.1) is 0 Å². The number of hydrogen-bond donors (Lipinski definition) is 1. The van der Waals surface area contributed by atoms with Gasteiger partial charge in [0.1, 0.15) is 11.8 Å². The molecule has 1 atom stereocenters. The van der Waals surface area contributed by atoms with Gasteiger partial charge in [0.05, 0.1) is 0 Å². The first-order valence-electron chi connectivity index (χ1n) is 9.75. The first-order valence-corrected chi connectivity index (χ1v) is 10.5. The maximum absolute atomic E-state index is 13.0. The van der Waals surface area contributed by atoms with E-state index in [2.05, 4.69) is 21.2 Å². The Balaban J connectivity index is 2.18.